The van der Waals surface area contributed by atoms with E-state index in [9.17, 15) is 9.90 Å². The normalized spacial score (nSPS) is 14.8. The Kier molecular flexibility index (Phi) is 7.00. The van der Waals surface area contributed by atoms with Crippen molar-refractivity contribution in [2.24, 2.45) is 4.99 Å². The highest BCUT2D eigenvalue weighted by Gasteiger charge is 2.35. The number of aliphatic imine (C=N–C) groups is 1. The first-order valence-corrected chi connectivity index (χ1v) is 11.5. The van der Waals surface area contributed by atoms with Gasteiger partial charge in [0.25, 0.3) is 0 Å². The van der Waals surface area contributed by atoms with E-state index in [2.05, 4.69) is 15.9 Å². The van der Waals surface area contributed by atoms with Gasteiger partial charge in [-0.05, 0) is 42.0 Å². The molecule has 0 fully saturated rings. The van der Waals surface area contributed by atoms with Crippen LogP contribution in [0.3, 0.4) is 0 Å². The van der Waals surface area contributed by atoms with Crippen molar-refractivity contribution in [3.05, 3.63) is 80.8 Å². The minimum atomic E-state index is -1.00. The molecule has 0 bridgehead atoms. The molecule has 0 amide bonds. The van der Waals surface area contributed by atoms with Gasteiger partial charge in [0.1, 0.15) is 12.4 Å². The molecule has 1 aliphatic rings. The Hall–Kier alpha value is -3.23. The Balaban J connectivity index is 2.01. The molecule has 0 aromatic heterocycles. The number of carboxylic acid groups (broad SMARTS) is 1. The predicted octanol–water partition coefficient (Wildman–Crippen LogP) is 5.70. The van der Waals surface area contributed by atoms with Crippen molar-refractivity contribution in [2.45, 2.75) is 6.04 Å². The van der Waals surface area contributed by atoms with Crippen molar-refractivity contribution < 1.29 is 24.1 Å². The molecule has 1 atom stereocenters. The topological polar surface area (TPSA) is 80.6 Å². The van der Waals surface area contributed by atoms with Crippen molar-refractivity contribution in [3.8, 4) is 17.2 Å². The highest BCUT2D eigenvalue weighted by molar-refractivity contribution is 9.10. The number of methoxy groups -OCH3 is 3. The lowest BCUT2D eigenvalue weighted by Crippen LogP contribution is -2.41. The summed E-state index contributed by atoms with van der Waals surface area (Å²) in [5, 5.41) is 10.4. The van der Waals surface area contributed by atoms with E-state index in [1.807, 2.05) is 36.4 Å². The van der Waals surface area contributed by atoms with Crippen molar-refractivity contribution >= 4 is 45.0 Å². The molecule has 4 rings (SSSR count). The molecule has 1 heterocycles. The van der Waals surface area contributed by atoms with Gasteiger partial charge in [-0.1, -0.05) is 45.7 Å². The summed E-state index contributed by atoms with van der Waals surface area (Å²) in [5.41, 5.74) is 2.92. The number of carboxylic acids is 1. The summed E-state index contributed by atoms with van der Waals surface area (Å²) in [6.45, 7) is -0.308. The van der Waals surface area contributed by atoms with Crippen LogP contribution in [-0.2, 0) is 4.79 Å². The second-order valence-corrected chi connectivity index (χ2v) is 8.82. The zero-order chi connectivity index (χ0) is 24.4. The fourth-order valence-corrected chi connectivity index (χ4v) is 4.72. The number of hydrogen-bond acceptors (Lipinski definition) is 6. The number of rotatable bonds is 7. The van der Waals surface area contributed by atoms with Crippen molar-refractivity contribution in [1.82, 2.24) is 4.90 Å². The van der Waals surface area contributed by atoms with Crippen LogP contribution in [0.2, 0.25) is 5.02 Å². The number of ether oxygens (including phenoxy) is 3. The van der Waals surface area contributed by atoms with Gasteiger partial charge in [-0.15, -0.1) is 0 Å². The average molecular weight is 546 g/mol. The number of amidine groups is 1. The quantitative estimate of drug-likeness (QED) is 0.410. The monoisotopic (exact) mass is 544 g/mol. The van der Waals surface area contributed by atoms with Crippen LogP contribution in [0.15, 0.2) is 64.1 Å². The van der Waals surface area contributed by atoms with Gasteiger partial charge < -0.3 is 24.2 Å². The van der Waals surface area contributed by atoms with Gasteiger partial charge in [0, 0.05) is 20.6 Å². The molecule has 0 spiro atoms. The number of fused-ring (bicyclic) bond motifs is 1. The molecule has 0 saturated heterocycles. The van der Waals surface area contributed by atoms with Gasteiger partial charge in [-0.25, -0.2) is 4.99 Å². The lowest BCUT2D eigenvalue weighted by Gasteiger charge is -2.38. The highest BCUT2D eigenvalue weighted by Crippen LogP contribution is 2.45. The molecule has 0 radical (unpaired) electrons. The zero-order valence-corrected chi connectivity index (χ0v) is 21.1. The SMILES string of the molecule is COc1cc(C2=Nc3ccc(Br)cc3C(c3ccccc3Cl)N2CC(=O)O)cc(OC)c1OC. The molecule has 1 aliphatic heterocycles. The van der Waals surface area contributed by atoms with Gasteiger partial charge >= 0.3 is 5.97 Å². The van der Waals surface area contributed by atoms with Crippen LogP contribution in [0.25, 0.3) is 0 Å². The summed E-state index contributed by atoms with van der Waals surface area (Å²) < 4.78 is 17.3. The van der Waals surface area contributed by atoms with Crippen LogP contribution in [0, 0.1) is 0 Å². The van der Waals surface area contributed by atoms with Crippen molar-refractivity contribution in [1.29, 1.82) is 0 Å². The van der Waals surface area contributed by atoms with Crippen molar-refractivity contribution in [2.75, 3.05) is 27.9 Å². The molecule has 1 N–H and O–H groups in total. The van der Waals surface area contributed by atoms with Crippen LogP contribution < -0.4 is 14.2 Å². The van der Waals surface area contributed by atoms with E-state index in [1.165, 1.54) is 21.3 Å². The fraction of sp³-hybridized carbons (Fsp3) is 0.200. The number of aliphatic carboxylic acids is 1. The van der Waals surface area contributed by atoms with Gasteiger partial charge in [-0.2, -0.15) is 0 Å². The van der Waals surface area contributed by atoms with Crippen LogP contribution in [-0.4, -0.2) is 49.7 Å². The summed E-state index contributed by atoms with van der Waals surface area (Å²) >= 11 is 10.1. The molecule has 7 nitrogen and oxygen atoms in total. The average Bonchev–Trinajstić information content (AvgIpc) is 2.83. The summed E-state index contributed by atoms with van der Waals surface area (Å²) in [6, 6.07) is 16.1. The van der Waals surface area contributed by atoms with Gasteiger partial charge in [-0.3, -0.25) is 4.79 Å². The predicted molar refractivity (Wildman–Crippen MR) is 134 cm³/mol. The van der Waals surface area contributed by atoms with E-state index in [0.717, 1.165) is 15.6 Å². The Labute approximate surface area is 210 Å². The van der Waals surface area contributed by atoms with Gasteiger partial charge in [0.15, 0.2) is 11.5 Å². The highest BCUT2D eigenvalue weighted by atomic mass is 79.9. The van der Waals surface area contributed by atoms with Crippen LogP contribution >= 0.6 is 27.5 Å². The third-order valence-corrected chi connectivity index (χ3v) is 6.36. The van der Waals surface area contributed by atoms with E-state index in [1.54, 1.807) is 23.1 Å². The number of nitrogens with zero attached hydrogens (tertiary/aromatic N) is 2. The maximum atomic E-state index is 12.0. The summed E-state index contributed by atoms with van der Waals surface area (Å²) in [6.07, 6.45) is 0. The lowest BCUT2D eigenvalue weighted by atomic mass is 9.92. The number of carbonyl (C=O) groups is 1. The molecular formula is C25H22BrClN2O5. The largest absolute Gasteiger partial charge is 0.493 e. The molecule has 3 aromatic carbocycles. The molecule has 176 valence electrons. The van der Waals surface area contributed by atoms with Crippen molar-refractivity contribution in [3.63, 3.8) is 0 Å². The van der Waals surface area contributed by atoms with Gasteiger partial charge in [0.05, 0.1) is 33.1 Å². The molecule has 34 heavy (non-hydrogen) atoms. The van der Waals surface area contributed by atoms with Crippen LogP contribution in [0.5, 0.6) is 17.2 Å². The third-order valence-electron chi connectivity index (χ3n) is 5.52. The fourth-order valence-electron chi connectivity index (χ4n) is 4.10. The minimum absolute atomic E-state index is 0.308. The maximum absolute atomic E-state index is 12.0. The standard InChI is InChI=1S/C25H22BrClN2O5/c1-32-20-10-14(11-21(33-2)24(20)34-3)25-28-19-9-8-15(26)12-17(19)23(29(25)13-22(30)31)16-6-4-5-7-18(16)27/h4-12,23H,13H2,1-3H3,(H,30,31). The molecule has 9 heteroatoms. The Bertz CT molecular complexity index is 1250. The molecule has 0 saturated carbocycles. The Morgan fingerprint density at radius 2 is 1.71 bits per heavy atom. The smallest absolute Gasteiger partial charge is 0.323 e. The second-order valence-electron chi connectivity index (χ2n) is 7.50. The summed E-state index contributed by atoms with van der Waals surface area (Å²) in [4.78, 5) is 18.6. The van der Waals surface area contributed by atoms with E-state index in [-0.39, 0.29) is 6.54 Å². The van der Waals surface area contributed by atoms with Gasteiger partial charge in [0.2, 0.25) is 5.75 Å². The second kappa shape index (κ2) is 9.95. The molecule has 1 unspecified atom stereocenters. The van der Waals surface area contributed by atoms with E-state index < -0.39 is 12.0 Å². The maximum Gasteiger partial charge on any atom is 0.323 e. The first-order valence-electron chi connectivity index (χ1n) is 10.3. The first kappa shape index (κ1) is 23.9. The first-order chi connectivity index (χ1) is 16.4. The summed E-state index contributed by atoms with van der Waals surface area (Å²) in [5.74, 6) is 0.746. The van der Waals surface area contributed by atoms with E-state index >= 15 is 0 Å². The summed E-state index contributed by atoms with van der Waals surface area (Å²) in [7, 11) is 4.58. The third kappa shape index (κ3) is 4.43. The molecule has 3 aromatic rings. The zero-order valence-electron chi connectivity index (χ0n) is 18.7. The molecular weight excluding hydrogens is 524 g/mol. The Morgan fingerprint density at radius 3 is 2.29 bits per heavy atom. The minimum Gasteiger partial charge on any atom is -0.493 e. The lowest BCUT2D eigenvalue weighted by molar-refractivity contribution is -0.137. The van der Waals surface area contributed by atoms with E-state index in [0.29, 0.717) is 39.4 Å². The van der Waals surface area contributed by atoms with Crippen LogP contribution in [0.1, 0.15) is 22.7 Å². The van der Waals surface area contributed by atoms with Crippen LogP contribution in [0.4, 0.5) is 5.69 Å². The Morgan fingerprint density at radius 1 is 1.03 bits per heavy atom. The number of hydrogen-bond donors (Lipinski definition) is 1. The number of halogens is 2. The number of benzene rings is 3. The van der Waals surface area contributed by atoms with E-state index in [4.69, 9.17) is 30.8 Å². The molecule has 0 aliphatic carbocycles.